The largest absolute Gasteiger partial charge is 0.328 e. The predicted octanol–water partition coefficient (Wildman–Crippen LogP) is 1.49. The maximum absolute atomic E-state index is 11.6. The molecule has 1 rings (SSSR count). The zero-order valence-electron chi connectivity index (χ0n) is 7.96. The monoisotopic (exact) mass is 179 g/mol. The summed E-state index contributed by atoms with van der Waals surface area (Å²) in [4.78, 5) is 11.6. The Morgan fingerprint density at radius 3 is 2.92 bits per heavy atom. The number of carbonyl (C=O) groups excluding carboxylic acids is 1. The molecule has 13 heavy (non-hydrogen) atoms. The molecular formula is C11H17NO. The average molecular weight is 179 g/mol. The molecule has 0 spiro atoms. The van der Waals surface area contributed by atoms with Crippen molar-refractivity contribution >= 4 is 5.78 Å². The normalized spacial score (nSPS) is 28.0. The highest BCUT2D eigenvalue weighted by Crippen LogP contribution is 2.24. The minimum absolute atomic E-state index is 0.192. The Balaban J connectivity index is 2.33. The van der Waals surface area contributed by atoms with Crippen molar-refractivity contribution in [1.82, 2.24) is 0 Å². The summed E-state index contributed by atoms with van der Waals surface area (Å²) >= 11 is 0. The summed E-state index contributed by atoms with van der Waals surface area (Å²) in [6.07, 6.45) is 10.3. The van der Waals surface area contributed by atoms with Crippen LogP contribution in [0.2, 0.25) is 0 Å². The number of hydrogen-bond donors (Lipinski definition) is 1. The van der Waals surface area contributed by atoms with Gasteiger partial charge in [0.15, 0.2) is 0 Å². The maximum atomic E-state index is 11.6. The molecule has 0 saturated heterocycles. The molecule has 2 heteroatoms. The quantitative estimate of drug-likeness (QED) is 0.667. The molecule has 2 atom stereocenters. The highest BCUT2D eigenvalue weighted by molar-refractivity contribution is 5.81. The number of hydrogen-bond acceptors (Lipinski definition) is 2. The minimum atomic E-state index is 0.192. The number of carbonyl (C=O) groups is 1. The first-order valence-electron chi connectivity index (χ1n) is 4.95. The summed E-state index contributed by atoms with van der Waals surface area (Å²) in [5.41, 5.74) is 5.80. The number of nitrogens with two attached hydrogens (primary N) is 1. The second kappa shape index (κ2) is 5.04. The van der Waals surface area contributed by atoms with E-state index in [1.54, 1.807) is 0 Å². The fourth-order valence-electron chi connectivity index (χ4n) is 1.92. The van der Waals surface area contributed by atoms with Crippen LogP contribution in [-0.4, -0.2) is 11.8 Å². The van der Waals surface area contributed by atoms with Gasteiger partial charge in [-0.25, -0.2) is 0 Å². The van der Waals surface area contributed by atoms with Gasteiger partial charge in [0.05, 0.1) is 0 Å². The summed E-state index contributed by atoms with van der Waals surface area (Å²) in [6.45, 7) is 0. The molecule has 2 nitrogen and oxygen atoms in total. The lowest BCUT2D eigenvalue weighted by Gasteiger charge is -2.25. The fraction of sp³-hybridized carbons (Fsp3) is 0.727. The zero-order valence-corrected chi connectivity index (χ0v) is 7.96. The van der Waals surface area contributed by atoms with Crippen molar-refractivity contribution in [3.8, 4) is 12.3 Å². The van der Waals surface area contributed by atoms with Crippen molar-refractivity contribution in [3.63, 3.8) is 0 Å². The molecule has 0 heterocycles. The Kier molecular flexibility index (Phi) is 3.98. The van der Waals surface area contributed by atoms with E-state index in [2.05, 4.69) is 5.92 Å². The van der Waals surface area contributed by atoms with E-state index in [1.807, 2.05) is 0 Å². The lowest BCUT2D eigenvalue weighted by atomic mass is 9.82. The van der Waals surface area contributed by atoms with E-state index in [-0.39, 0.29) is 12.0 Å². The van der Waals surface area contributed by atoms with Crippen LogP contribution >= 0.6 is 0 Å². The predicted molar refractivity (Wildman–Crippen MR) is 53.0 cm³/mol. The summed E-state index contributed by atoms with van der Waals surface area (Å²) < 4.78 is 0. The lowest BCUT2D eigenvalue weighted by molar-refractivity contribution is -0.123. The van der Waals surface area contributed by atoms with Crippen LogP contribution in [0, 0.1) is 18.3 Å². The highest BCUT2D eigenvalue weighted by Gasteiger charge is 2.24. The van der Waals surface area contributed by atoms with Gasteiger partial charge in [-0.15, -0.1) is 12.3 Å². The highest BCUT2D eigenvalue weighted by atomic mass is 16.1. The minimum Gasteiger partial charge on any atom is -0.328 e. The molecule has 0 aromatic rings. The van der Waals surface area contributed by atoms with Crippen LogP contribution in [-0.2, 0) is 4.79 Å². The third-order valence-electron chi connectivity index (χ3n) is 2.69. The van der Waals surface area contributed by atoms with Crippen LogP contribution < -0.4 is 5.73 Å². The van der Waals surface area contributed by atoms with Gasteiger partial charge in [0.25, 0.3) is 0 Å². The van der Waals surface area contributed by atoms with Gasteiger partial charge in [0.1, 0.15) is 5.78 Å². The Hall–Kier alpha value is -0.810. The molecule has 0 bridgehead atoms. The first kappa shape index (κ1) is 10.3. The van der Waals surface area contributed by atoms with E-state index in [0.29, 0.717) is 18.6 Å². The standard InChI is InChI=1S/C11H17NO/c1-2-3-7-11(13)9-5-4-6-10(12)8-9/h1,9-10H,3-8,12H2. The van der Waals surface area contributed by atoms with Crippen LogP contribution in [0.3, 0.4) is 0 Å². The van der Waals surface area contributed by atoms with Crippen molar-refractivity contribution in [1.29, 1.82) is 0 Å². The first-order valence-corrected chi connectivity index (χ1v) is 4.95. The van der Waals surface area contributed by atoms with Gasteiger partial charge in [0.2, 0.25) is 0 Å². The molecule has 0 aromatic heterocycles. The second-order valence-corrected chi connectivity index (χ2v) is 3.79. The van der Waals surface area contributed by atoms with Gasteiger partial charge in [-0.05, 0) is 19.3 Å². The fourth-order valence-corrected chi connectivity index (χ4v) is 1.92. The van der Waals surface area contributed by atoms with E-state index in [9.17, 15) is 4.79 Å². The summed E-state index contributed by atoms with van der Waals surface area (Å²) in [6, 6.07) is 0.230. The number of Topliss-reactive ketones (excluding diaryl/α,β-unsaturated/α-hetero) is 1. The van der Waals surface area contributed by atoms with Gasteiger partial charge in [0, 0.05) is 24.8 Å². The first-order chi connectivity index (χ1) is 6.24. The van der Waals surface area contributed by atoms with Crippen LogP contribution in [0.25, 0.3) is 0 Å². The molecule has 0 radical (unpaired) electrons. The molecule has 2 N–H and O–H groups in total. The summed E-state index contributed by atoms with van der Waals surface area (Å²) in [5, 5.41) is 0. The molecule has 1 aliphatic carbocycles. The second-order valence-electron chi connectivity index (χ2n) is 3.79. The third-order valence-corrected chi connectivity index (χ3v) is 2.69. The molecule has 1 saturated carbocycles. The van der Waals surface area contributed by atoms with Gasteiger partial charge < -0.3 is 5.73 Å². The van der Waals surface area contributed by atoms with E-state index < -0.39 is 0 Å². The van der Waals surface area contributed by atoms with E-state index in [0.717, 1.165) is 25.7 Å². The molecule has 1 aliphatic rings. The van der Waals surface area contributed by atoms with Gasteiger partial charge in [-0.1, -0.05) is 6.42 Å². The third kappa shape index (κ3) is 3.20. The number of ketones is 1. The molecule has 0 aliphatic heterocycles. The Labute approximate surface area is 79.9 Å². The van der Waals surface area contributed by atoms with Crippen LogP contribution in [0.15, 0.2) is 0 Å². The van der Waals surface area contributed by atoms with Crippen molar-refractivity contribution < 1.29 is 4.79 Å². The van der Waals surface area contributed by atoms with Crippen molar-refractivity contribution in [2.45, 2.75) is 44.6 Å². The lowest BCUT2D eigenvalue weighted by Crippen LogP contribution is -2.31. The topological polar surface area (TPSA) is 43.1 Å². The van der Waals surface area contributed by atoms with Gasteiger partial charge in [-0.2, -0.15) is 0 Å². The Morgan fingerprint density at radius 2 is 2.31 bits per heavy atom. The van der Waals surface area contributed by atoms with E-state index >= 15 is 0 Å². The van der Waals surface area contributed by atoms with E-state index in [4.69, 9.17) is 12.2 Å². The maximum Gasteiger partial charge on any atom is 0.136 e. The molecule has 0 aromatic carbocycles. The molecule has 0 amide bonds. The Morgan fingerprint density at radius 1 is 1.54 bits per heavy atom. The van der Waals surface area contributed by atoms with Crippen molar-refractivity contribution in [3.05, 3.63) is 0 Å². The molecule has 72 valence electrons. The summed E-state index contributed by atoms with van der Waals surface area (Å²) in [5.74, 6) is 3.00. The molecular weight excluding hydrogens is 162 g/mol. The van der Waals surface area contributed by atoms with Crippen LogP contribution in [0.4, 0.5) is 0 Å². The van der Waals surface area contributed by atoms with Gasteiger partial charge in [-0.3, -0.25) is 4.79 Å². The number of terminal acetylenes is 1. The van der Waals surface area contributed by atoms with Gasteiger partial charge >= 0.3 is 0 Å². The van der Waals surface area contributed by atoms with Crippen molar-refractivity contribution in [2.24, 2.45) is 11.7 Å². The molecule has 1 fully saturated rings. The van der Waals surface area contributed by atoms with E-state index in [1.165, 1.54) is 0 Å². The molecule has 2 unspecified atom stereocenters. The zero-order chi connectivity index (χ0) is 9.68. The average Bonchev–Trinajstić information content (AvgIpc) is 2.14. The smallest absolute Gasteiger partial charge is 0.136 e. The SMILES string of the molecule is C#CCCC(=O)C1CCCC(N)C1. The number of rotatable bonds is 3. The van der Waals surface area contributed by atoms with Crippen molar-refractivity contribution in [2.75, 3.05) is 0 Å². The Bertz CT molecular complexity index is 217. The van der Waals surface area contributed by atoms with Crippen LogP contribution in [0.1, 0.15) is 38.5 Å². The summed E-state index contributed by atoms with van der Waals surface area (Å²) in [7, 11) is 0. The van der Waals surface area contributed by atoms with Crippen LogP contribution in [0.5, 0.6) is 0 Å².